The number of amides is 1. The third-order valence-electron chi connectivity index (χ3n) is 3.59. The van der Waals surface area contributed by atoms with E-state index < -0.39 is 6.10 Å². The van der Waals surface area contributed by atoms with Crippen LogP contribution >= 0.6 is 0 Å². The molecule has 21 heavy (non-hydrogen) atoms. The average Bonchev–Trinajstić information content (AvgIpc) is 2.97. The van der Waals surface area contributed by atoms with Gasteiger partial charge in [-0.25, -0.2) is 0 Å². The third kappa shape index (κ3) is 2.84. The zero-order chi connectivity index (χ0) is 14.7. The summed E-state index contributed by atoms with van der Waals surface area (Å²) in [7, 11) is 1.62. The van der Waals surface area contributed by atoms with Crippen LogP contribution in [-0.4, -0.2) is 19.1 Å². The maximum Gasteiger partial charge on any atom is 0.261 e. The number of rotatable bonds is 4. The Hall–Kier alpha value is -2.49. The van der Waals surface area contributed by atoms with Crippen molar-refractivity contribution in [1.29, 1.82) is 0 Å². The fourth-order valence-electron chi connectivity index (χ4n) is 2.47. The predicted octanol–water partition coefficient (Wildman–Crippen LogP) is 2.32. The molecule has 1 amide bonds. The molecule has 4 heteroatoms. The summed E-state index contributed by atoms with van der Waals surface area (Å²) in [6.45, 7) is 0.430. The van der Waals surface area contributed by atoms with E-state index in [1.54, 1.807) is 7.11 Å². The lowest BCUT2D eigenvalue weighted by Gasteiger charge is -2.13. The van der Waals surface area contributed by atoms with Crippen molar-refractivity contribution in [3.8, 4) is 11.5 Å². The molecule has 1 aliphatic rings. The number of methoxy groups -OCH3 is 1. The van der Waals surface area contributed by atoms with Gasteiger partial charge in [-0.15, -0.1) is 0 Å². The van der Waals surface area contributed by atoms with E-state index in [0.717, 1.165) is 22.6 Å². The molecule has 0 aromatic heterocycles. The molecular formula is C17H17NO3. The first-order valence-electron chi connectivity index (χ1n) is 6.92. The number of fused-ring (bicyclic) bond motifs is 1. The topological polar surface area (TPSA) is 47.6 Å². The van der Waals surface area contributed by atoms with Crippen LogP contribution in [0.3, 0.4) is 0 Å². The molecule has 1 aliphatic heterocycles. The minimum Gasteiger partial charge on any atom is -0.496 e. The normalized spacial score (nSPS) is 16.0. The van der Waals surface area contributed by atoms with Gasteiger partial charge >= 0.3 is 0 Å². The Morgan fingerprint density at radius 1 is 1.24 bits per heavy atom. The predicted molar refractivity (Wildman–Crippen MR) is 79.4 cm³/mol. The summed E-state index contributed by atoms with van der Waals surface area (Å²) in [5.74, 6) is 1.47. The molecule has 4 nitrogen and oxygen atoms in total. The smallest absolute Gasteiger partial charge is 0.261 e. The van der Waals surface area contributed by atoms with Crippen molar-refractivity contribution in [2.75, 3.05) is 7.11 Å². The molecule has 108 valence electrons. The van der Waals surface area contributed by atoms with Crippen LogP contribution in [0.4, 0.5) is 0 Å². The number of hydrogen-bond donors (Lipinski definition) is 1. The first-order valence-corrected chi connectivity index (χ1v) is 6.92. The highest BCUT2D eigenvalue weighted by Crippen LogP contribution is 2.28. The SMILES string of the molecule is COc1ccccc1CNC(=O)C1Cc2ccccc2O1. The van der Waals surface area contributed by atoms with E-state index in [4.69, 9.17) is 9.47 Å². The second kappa shape index (κ2) is 5.87. The lowest BCUT2D eigenvalue weighted by atomic mass is 10.1. The Labute approximate surface area is 123 Å². The summed E-state index contributed by atoms with van der Waals surface area (Å²) >= 11 is 0. The van der Waals surface area contributed by atoms with Crippen LogP contribution in [0.25, 0.3) is 0 Å². The molecule has 2 aromatic rings. The van der Waals surface area contributed by atoms with Crippen LogP contribution in [-0.2, 0) is 17.8 Å². The molecule has 0 spiro atoms. The summed E-state index contributed by atoms with van der Waals surface area (Å²) in [6, 6.07) is 15.4. The number of nitrogens with one attached hydrogen (secondary N) is 1. The molecule has 2 aromatic carbocycles. The Kier molecular flexibility index (Phi) is 3.77. The summed E-state index contributed by atoms with van der Waals surface area (Å²) in [4.78, 5) is 12.2. The molecule has 0 saturated carbocycles. The van der Waals surface area contributed by atoms with Crippen molar-refractivity contribution in [3.63, 3.8) is 0 Å². The highest BCUT2D eigenvalue weighted by Gasteiger charge is 2.28. The maximum atomic E-state index is 12.2. The van der Waals surface area contributed by atoms with Gasteiger partial charge in [0.15, 0.2) is 6.10 Å². The zero-order valence-corrected chi connectivity index (χ0v) is 11.8. The Morgan fingerprint density at radius 2 is 2.00 bits per heavy atom. The van der Waals surface area contributed by atoms with Gasteiger partial charge in [0.05, 0.1) is 7.11 Å². The molecule has 1 unspecified atom stereocenters. The van der Waals surface area contributed by atoms with Crippen molar-refractivity contribution < 1.29 is 14.3 Å². The van der Waals surface area contributed by atoms with Gasteiger partial charge in [0.25, 0.3) is 5.91 Å². The minimum absolute atomic E-state index is 0.0999. The van der Waals surface area contributed by atoms with Crippen LogP contribution in [0.15, 0.2) is 48.5 Å². The van der Waals surface area contributed by atoms with E-state index in [1.165, 1.54) is 0 Å². The van der Waals surface area contributed by atoms with Crippen molar-refractivity contribution in [1.82, 2.24) is 5.32 Å². The van der Waals surface area contributed by atoms with Gasteiger partial charge in [0.2, 0.25) is 0 Å². The molecule has 3 rings (SSSR count). The van der Waals surface area contributed by atoms with E-state index in [0.29, 0.717) is 13.0 Å². The first-order chi connectivity index (χ1) is 10.3. The van der Waals surface area contributed by atoms with E-state index in [2.05, 4.69) is 5.32 Å². The molecule has 0 bridgehead atoms. The molecule has 0 aliphatic carbocycles. The van der Waals surface area contributed by atoms with Crippen molar-refractivity contribution in [3.05, 3.63) is 59.7 Å². The summed E-state index contributed by atoms with van der Waals surface area (Å²) in [5, 5.41) is 2.91. The second-order valence-electron chi connectivity index (χ2n) is 4.95. The first kappa shape index (κ1) is 13.5. The number of hydrogen-bond acceptors (Lipinski definition) is 3. The highest BCUT2D eigenvalue weighted by atomic mass is 16.5. The third-order valence-corrected chi connectivity index (χ3v) is 3.59. The van der Waals surface area contributed by atoms with Crippen LogP contribution in [0.2, 0.25) is 0 Å². The second-order valence-corrected chi connectivity index (χ2v) is 4.95. The summed E-state index contributed by atoms with van der Waals surface area (Å²) < 4.78 is 10.9. The lowest BCUT2D eigenvalue weighted by molar-refractivity contribution is -0.127. The van der Waals surface area contributed by atoms with Crippen LogP contribution < -0.4 is 14.8 Å². The van der Waals surface area contributed by atoms with Crippen molar-refractivity contribution in [2.24, 2.45) is 0 Å². The number of carbonyl (C=O) groups is 1. The van der Waals surface area contributed by atoms with Crippen LogP contribution in [0, 0.1) is 0 Å². The molecule has 0 saturated heterocycles. The Morgan fingerprint density at radius 3 is 2.81 bits per heavy atom. The molecule has 0 fully saturated rings. The van der Waals surface area contributed by atoms with Crippen molar-refractivity contribution >= 4 is 5.91 Å². The van der Waals surface area contributed by atoms with Crippen LogP contribution in [0.1, 0.15) is 11.1 Å². The van der Waals surface area contributed by atoms with Crippen molar-refractivity contribution in [2.45, 2.75) is 19.1 Å². The summed E-state index contributed by atoms with van der Waals surface area (Å²) in [6.07, 6.45) is 0.172. The van der Waals surface area contributed by atoms with Gasteiger partial charge in [-0.05, 0) is 17.7 Å². The molecule has 1 atom stereocenters. The minimum atomic E-state index is -0.447. The zero-order valence-electron chi connectivity index (χ0n) is 11.8. The van der Waals surface area contributed by atoms with Gasteiger partial charge < -0.3 is 14.8 Å². The number of carbonyl (C=O) groups excluding carboxylic acids is 1. The molecule has 1 heterocycles. The Balaban J connectivity index is 1.61. The number of ether oxygens (including phenoxy) is 2. The van der Waals surface area contributed by atoms with E-state index in [-0.39, 0.29) is 5.91 Å². The van der Waals surface area contributed by atoms with Gasteiger partial charge in [-0.3, -0.25) is 4.79 Å². The average molecular weight is 283 g/mol. The van der Waals surface area contributed by atoms with Gasteiger partial charge in [-0.2, -0.15) is 0 Å². The van der Waals surface area contributed by atoms with Gasteiger partial charge in [0.1, 0.15) is 11.5 Å². The summed E-state index contributed by atoms with van der Waals surface area (Å²) in [5.41, 5.74) is 2.03. The molecule has 0 radical (unpaired) electrons. The lowest BCUT2D eigenvalue weighted by Crippen LogP contribution is -2.37. The van der Waals surface area contributed by atoms with E-state index in [1.807, 2.05) is 48.5 Å². The standard InChI is InChI=1S/C17H17NO3/c1-20-14-8-4-3-7-13(14)11-18-17(19)16-10-12-6-2-5-9-15(12)21-16/h2-9,16H,10-11H2,1H3,(H,18,19). The van der Waals surface area contributed by atoms with Gasteiger partial charge in [0, 0.05) is 18.5 Å². The van der Waals surface area contributed by atoms with E-state index in [9.17, 15) is 4.79 Å². The maximum absolute atomic E-state index is 12.2. The Bertz CT molecular complexity index is 629. The number of benzene rings is 2. The van der Waals surface area contributed by atoms with Gasteiger partial charge in [-0.1, -0.05) is 36.4 Å². The number of para-hydroxylation sites is 2. The highest BCUT2D eigenvalue weighted by molar-refractivity contribution is 5.82. The van der Waals surface area contributed by atoms with Crippen LogP contribution in [0.5, 0.6) is 11.5 Å². The quantitative estimate of drug-likeness (QED) is 0.936. The fraction of sp³-hybridized carbons (Fsp3) is 0.235. The largest absolute Gasteiger partial charge is 0.496 e. The molecular weight excluding hydrogens is 266 g/mol. The monoisotopic (exact) mass is 283 g/mol. The fourth-order valence-corrected chi connectivity index (χ4v) is 2.47. The molecule has 1 N–H and O–H groups in total. The van der Waals surface area contributed by atoms with E-state index >= 15 is 0 Å².